The number of carbonyl (C=O) groups excluding carboxylic acids is 2. The summed E-state index contributed by atoms with van der Waals surface area (Å²) in [7, 11) is 0. The first-order valence-electron chi connectivity index (χ1n) is 2.53. The molecule has 0 atom stereocenters. The minimum absolute atomic E-state index is 0.768. The van der Waals surface area contributed by atoms with Gasteiger partial charge in [-0.2, -0.15) is 13.2 Å². The fourth-order valence-electron chi connectivity index (χ4n) is 0.272. The lowest BCUT2D eigenvalue weighted by Crippen LogP contribution is -2.20. The van der Waals surface area contributed by atoms with E-state index in [1.165, 1.54) is 0 Å². The van der Waals surface area contributed by atoms with Crippen LogP contribution in [0.2, 0.25) is 0 Å². The van der Waals surface area contributed by atoms with E-state index < -0.39 is 25.2 Å². The molecular weight excluding hydrogens is 165 g/mol. The zero-order valence-electron chi connectivity index (χ0n) is 5.27. The Hall–Kier alpha value is -1.07. The molecule has 0 unspecified atom stereocenters. The smallest absolute Gasteiger partial charge is 0.422 e. The van der Waals surface area contributed by atoms with Crippen molar-refractivity contribution in [1.82, 2.24) is 0 Å². The summed E-state index contributed by atoms with van der Waals surface area (Å²) in [5.74, 6) is -1.22. The Morgan fingerprint density at radius 1 is 1.45 bits per heavy atom. The Bertz CT molecular complexity index is 152. The summed E-state index contributed by atoms with van der Waals surface area (Å²) in [6, 6.07) is 0. The third-order valence-electron chi connectivity index (χ3n) is 0.613. The zero-order chi connectivity index (χ0) is 8.91. The average Bonchev–Trinajstić information content (AvgIpc) is 1.83. The van der Waals surface area contributed by atoms with Crippen LogP contribution in [0.4, 0.5) is 13.2 Å². The van der Waals surface area contributed by atoms with E-state index in [4.69, 9.17) is 0 Å². The maximum atomic E-state index is 11.3. The van der Waals surface area contributed by atoms with Gasteiger partial charge in [0, 0.05) is 0 Å². The molecule has 0 saturated carbocycles. The first-order valence-corrected chi connectivity index (χ1v) is 2.53. The van der Waals surface area contributed by atoms with Crippen LogP contribution in [-0.4, -0.2) is 25.0 Å². The van der Waals surface area contributed by atoms with Crippen molar-refractivity contribution in [2.75, 3.05) is 6.61 Å². The molecular formula is C5H4F3O3. The largest absolute Gasteiger partial charge is 0.456 e. The highest BCUT2D eigenvalue weighted by Gasteiger charge is 2.29. The van der Waals surface area contributed by atoms with Crippen molar-refractivity contribution >= 4 is 12.3 Å². The minimum atomic E-state index is -4.54. The van der Waals surface area contributed by atoms with E-state index in [1.54, 1.807) is 0 Å². The van der Waals surface area contributed by atoms with Gasteiger partial charge in [-0.05, 0) is 0 Å². The van der Waals surface area contributed by atoms with Gasteiger partial charge in [-0.1, -0.05) is 0 Å². The molecule has 0 amide bonds. The van der Waals surface area contributed by atoms with Gasteiger partial charge >= 0.3 is 12.1 Å². The Labute approximate surface area is 60.1 Å². The number of hydrogen-bond donors (Lipinski definition) is 0. The summed E-state index contributed by atoms with van der Waals surface area (Å²) >= 11 is 0. The first kappa shape index (κ1) is 9.93. The van der Waals surface area contributed by atoms with Crippen LogP contribution in [0.25, 0.3) is 0 Å². The maximum absolute atomic E-state index is 11.3. The Balaban J connectivity index is 3.54. The fraction of sp³-hybridized carbons (Fsp3) is 0.600. The molecule has 0 bridgehead atoms. The minimum Gasteiger partial charge on any atom is -0.456 e. The van der Waals surface area contributed by atoms with Gasteiger partial charge in [-0.25, -0.2) is 0 Å². The molecule has 0 aliphatic heterocycles. The third-order valence-corrected chi connectivity index (χ3v) is 0.613. The van der Waals surface area contributed by atoms with Crippen molar-refractivity contribution in [1.29, 1.82) is 0 Å². The number of hydrogen-bond acceptors (Lipinski definition) is 3. The van der Waals surface area contributed by atoms with Gasteiger partial charge in [0.05, 0.1) is 0 Å². The molecule has 0 heterocycles. The van der Waals surface area contributed by atoms with E-state index in [2.05, 4.69) is 4.74 Å². The monoisotopic (exact) mass is 169 g/mol. The van der Waals surface area contributed by atoms with Crippen LogP contribution in [0.3, 0.4) is 0 Å². The van der Waals surface area contributed by atoms with Crippen molar-refractivity contribution in [2.45, 2.75) is 12.6 Å². The van der Waals surface area contributed by atoms with Gasteiger partial charge in [-0.3, -0.25) is 9.59 Å². The highest BCUT2D eigenvalue weighted by Crippen LogP contribution is 2.14. The number of rotatable bonds is 3. The summed E-state index contributed by atoms with van der Waals surface area (Å²) in [6.45, 7) is -1.66. The Kier molecular flexibility index (Phi) is 3.56. The van der Waals surface area contributed by atoms with E-state index in [0.29, 0.717) is 0 Å². The number of halogens is 3. The van der Waals surface area contributed by atoms with E-state index in [-0.39, 0.29) is 0 Å². The van der Waals surface area contributed by atoms with Gasteiger partial charge in [0.2, 0.25) is 6.29 Å². The van der Waals surface area contributed by atoms with Crippen LogP contribution < -0.4 is 0 Å². The van der Waals surface area contributed by atoms with Crippen molar-refractivity contribution in [3.05, 3.63) is 0 Å². The van der Waals surface area contributed by atoms with Crippen molar-refractivity contribution in [3.63, 3.8) is 0 Å². The van der Waals surface area contributed by atoms with E-state index in [0.717, 1.165) is 6.29 Å². The number of ether oxygens (including phenoxy) is 1. The van der Waals surface area contributed by atoms with Gasteiger partial charge < -0.3 is 4.74 Å². The van der Waals surface area contributed by atoms with Crippen LogP contribution in [0.1, 0.15) is 6.42 Å². The van der Waals surface area contributed by atoms with Crippen LogP contribution >= 0.6 is 0 Å². The van der Waals surface area contributed by atoms with Crippen molar-refractivity contribution < 1.29 is 27.5 Å². The molecule has 0 aliphatic rings. The average molecular weight is 169 g/mol. The molecule has 0 aromatic heterocycles. The SMILES string of the molecule is O=[C]CC(=O)OCC(F)(F)F. The summed E-state index contributed by atoms with van der Waals surface area (Å²) in [6.07, 6.45) is -4.20. The van der Waals surface area contributed by atoms with Crippen molar-refractivity contribution in [3.8, 4) is 0 Å². The summed E-state index contributed by atoms with van der Waals surface area (Å²) in [4.78, 5) is 19.5. The Morgan fingerprint density at radius 2 is 2.00 bits per heavy atom. The molecule has 0 aromatic rings. The van der Waals surface area contributed by atoms with E-state index >= 15 is 0 Å². The van der Waals surface area contributed by atoms with Gasteiger partial charge in [-0.15, -0.1) is 0 Å². The lowest BCUT2D eigenvalue weighted by molar-refractivity contribution is -0.185. The summed E-state index contributed by atoms with van der Waals surface area (Å²) in [5, 5.41) is 0. The molecule has 0 spiro atoms. The van der Waals surface area contributed by atoms with Crippen molar-refractivity contribution in [2.24, 2.45) is 0 Å². The molecule has 11 heavy (non-hydrogen) atoms. The number of esters is 1. The summed E-state index contributed by atoms with van der Waals surface area (Å²) < 4.78 is 37.5. The molecule has 1 radical (unpaired) electrons. The molecule has 0 aromatic carbocycles. The highest BCUT2D eigenvalue weighted by molar-refractivity contribution is 5.83. The second kappa shape index (κ2) is 3.95. The van der Waals surface area contributed by atoms with Crippen LogP contribution in [0.5, 0.6) is 0 Å². The molecule has 0 N–H and O–H groups in total. The molecule has 63 valence electrons. The van der Waals surface area contributed by atoms with Crippen LogP contribution in [0, 0.1) is 0 Å². The molecule has 6 heteroatoms. The van der Waals surface area contributed by atoms with E-state index in [1.807, 2.05) is 0 Å². The number of carbonyl (C=O) groups is 1. The second-order valence-electron chi connectivity index (χ2n) is 1.60. The third kappa shape index (κ3) is 6.82. The standard InChI is InChI=1S/C5H4F3O3/c6-5(7,8)3-11-4(10)1-2-9/h1,3H2. The lowest BCUT2D eigenvalue weighted by atomic mass is 10.5. The predicted octanol–water partition coefficient (Wildman–Crippen LogP) is 0.592. The first-order chi connectivity index (χ1) is 4.95. The highest BCUT2D eigenvalue weighted by atomic mass is 19.4. The lowest BCUT2D eigenvalue weighted by Gasteiger charge is -2.05. The Morgan fingerprint density at radius 3 is 2.36 bits per heavy atom. The fourth-order valence-corrected chi connectivity index (χ4v) is 0.272. The maximum Gasteiger partial charge on any atom is 0.422 e. The molecule has 0 rings (SSSR count). The van der Waals surface area contributed by atoms with Crippen LogP contribution in [-0.2, 0) is 14.3 Å². The second-order valence-corrected chi connectivity index (χ2v) is 1.60. The van der Waals surface area contributed by atoms with Gasteiger partial charge in [0.15, 0.2) is 6.61 Å². The van der Waals surface area contributed by atoms with Gasteiger partial charge in [0.25, 0.3) is 0 Å². The normalized spacial score (nSPS) is 10.8. The van der Waals surface area contributed by atoms with Crippen LogP contribution in [0.15, 0.2) is 0 Å². The van der Waals surface area contributed by atoms with Gasteiger partial charge in [0.1, 0.15) is 6.42 Å². The van der Waals surface area contributed by atoms with E-state index in [9.17, 15) is 22.8 Å². The molecule has 0 fully saturated rings. The number of alkyl halides is 3. The zero-order valence-corrected chi connectivity index (χ0v) is 5.27. The molecule has 3 nitrogen and oxygen atoms in total. The topological polar surface area (TPSA) is 43.4 Å². The quantitative estimate of drug-likeness (QED) is 0.458. The molecule has 0 saturated heterocycles. The molecule has 0 aliphatic carbocycles. The summed E-state index contributed by atoms with van der Waals surface area (Å²) in [5.41, 5.74) is 0. The predicted molar refractivity (Wildman–Crippen MR) is 27.3 cm³/mol.